The first kappa shape index (κ1) is 20.3. The van der Waals surface area contributed by atoms with Gasteiger partial charge in [0.25, 0.3) is 0 Å². The smallest absolute Gasteiger partial charge is 0.183 e. The lowest BCUT2D eigenvalue weighted by atomic mass is 10.1. The summed E-state index contributed by atoms with van der Waals surface area (Å²) >= 11 is 0. The molecule has 2 nitrogen and oxygen atoms in total. The van der Waals surface area contributed by atoms with Crippen LogP contribution in [0.15, 0.2) is 17.1 Å². The van der Waals surface area contributed by atoms with E-state index < -0.39 is 0 Å². The second-order valence-corrected chi connectivity index (χ2v) is 6.81. The summed E-state index contributed by atoms with van der Waals surface area (Å²) in [7, 11) is 0. The van der Waals surface area contributed by atoms with Crippen LogP contribution < -0.4 is 0 Å². The third-order valence-electron chi connectivity index (χ3n) is 4.55. The third-order valence-corrected chi connectivity index (χ3v) is 4.55. The van der Waals surface area contributed by atoms with Crippen molar-refractivity contribution in [3.05, 3.63) is 12.2 Å². The zero-order valence-corrected chi connectivity index (χ0v) is 15.5. The third kappa shape index (κ3) is 13.4. The van der Waals surface area contributed by atoms with Crippen molar-refractivity contribution in [1.29, 1.82) is 0 Å². The minimum absolute atomic E-state index is 0.807. The lowest BCUT2D eigenvalue weighted by Gasteiger charge is -2.02. The number of unbranched alkanes of at least 4 members (excludes halogenated alkanes) is 12. The van der Waals surface area contributed by atoms with Gasteiger partial charge in [-0.15, -0.1) is 0 Å². The molecule has 0 aromatic carbocycles. The number of ether oxygens (including phenoxy) is 1. The second-order valence-electron chi connectivity index (χ2n) is 6.81. The monoisotopic (exact) mass is 321 g/mol. The lowest BCUT2D eigenvalue weighted by Crippen LogP contribution is -1.98. The summed E-state index contributed by atoms with van der Waals surface area (Å²) in [5.41, 5.74) is 0. The Labute approximate surface area is 144 Å². The van der Waals surface area contributed by atoms with Crippen molar-refractivity contribution in [3.8, 4) is 0 Å². The number of allylic oxidation sites excluding steroid dienone is 2. The zero-order chi connectivity index (χ0) is 16.4. The Hall–Kier alpha value is -0.790. The summed E-state index contributed by atoms with van der Waals surface area (Å²) in [6.45, 7) is 3.97. The van der Waals surface area contributed by atoms with Crippen LogP contribution in [0.1, 0.15) is 103 Å². The minimum atomic E-state index is 0.807. The topological polar surface area (TPSA) is 21.6 Å². The number of hydrogen-bond acceptors (Lipinski definition) is 2. The molecular formula is C21H39NO. The molecule has 0 saturated carbocycles. The van der Waals surface area contributed by atoms with E-state index in [4.69, 9.17) is 4.74 Å². The molecule has 1 heterocycles. The van der Waals surface area contributed by atoms with Crippen molar-refractivity contribution in [2.24, 2.45) is 4.99 Å². The quantitative estimate of drug-likeness (QED) is 0.225. The van der Waals surface area contributed by atoms with Crippen LogP contribution in [-0.2, 0) is 4.74 Å². The maximum atomic E-state index is 5.42. The van der Waals surface area contributed by atoms with Gasteiger partial charge in [-0.25, -0.2) is 0 Å². The standard InChI is InChI=1S/C21H39NO/c1-2-3-4-5-6-7-8-9-10-11-12-13-14-15-16-17-18-21-22-19-20-23-21/h9-10H,2-8,11-20H2,1H3/b10-9-. The van der Waals surface area contributed by atoms with Gasteiger partial charge in [-0.1, -0.05) is 76.9 Å². The van der Waals surface area contributed by atoms with Gasteiger partial charge in [-0.3, -0.25) is 4.99 Å². The molecule has 0 bridgehead atoms. The summed E-state index contributed by atoms with van der Waals surface area (Å²) < 4.78 is 5.42. The largest absolute Gasteiger partial charge is 0.479 e. The van der Waals surface area contributed by atoms with E-state index in [0.29, 0.717) is 0 Å². The van der Waals surface area contributed by atoms with E-state index in [1.54, 1.807) is 0 Å². The number of rotatable bonds is 16. The lowest BCUT2D eigenvalue weighted by molar-refractivity contribution is 0.336. The predicted octanol–water partition coefficient (Wildman–Crippen LogP) is 6.84. The van der Waals surface area contributed by atoms with Crippen molar-refractivity contribution in [3.63, 3.8) is 0 Å². The highest BCUT2D eigenvalue weighted by atomic mass is 16.5. The molecule has 0 aromatic rings. The van der Waals surface area contributed by atoms with E-state index in [9.17, 15) is 0 Å². The van der Waals surface area contributed by atoms with Crippen LogP contribution in [0.5, 0.6) is 0 Å². The van der Waals surface area contributed by atoms with Gasteiger partial charge < -0.3 is 4.74 Å². The number of aliphatic imine (C=N–C) groups is 1. The van der Waals surface area contributed by atoms with Gasteiger partial charge in [-0.2, -0.15) is 0 Å². The Kier molecular flexibility index (Phi) is 14.2. The molecule has 23 heavy (non-hydrogen) atoms. The molecule has 0 radical (unpaired) electrons. The molecule has 134 valence electrons. The average Bonchev–Trinajstić information content (AvgIpc) is 3.08. The highest BCUT2D eigenvalue weighted by molar-refractivity contribution is 5.77. The van der Waals surface area contributed by atoms with E-state index in [0.717, 1.165) is 25.5 Å². The van der Waals surface area contributed by atoms with Crippen molar-refractivity contribution in [2.75, 3.05) is 13.2 Å². The molecule has 0 aliphatic carbocycles. The van der Waals surface area contributed by atoms with E-state index in [-0.39, 0.29) is 0 Å². The normalized spacial score (nSPS) is 14.4. The first-order valence-corrected chi connectivity index (χ1v) is 10.2. The van der Waals surface area contributed by atoms with Crippen LogP contribution in [-0.4, -0.2) is 19.0 Å². The van der Waals surface area contributed by atoms with E-state index >= 15 is 0 Å². The van der Waals surface area contributed by atoms with E-state index in [2.05, 4.69) is 24.1 Å². The molecule has 2 heteroatoms. The maximum absolute atomic E-state index is 5.42. The van der Waals surface area contributed by atoms with Gasteiger partial charge in [0.05, 0.1) is 6.54 Å². The SMILES string of the molecule is CCCCCCCC/C=C\CCCCCCCCC1=NCCO1. The fourth-order valence-corrected chi connectivity index (χ4v) is 3.05. The zero-order valence-electron chi connectivity index (χ0n) is 15.5. The average molecular weight is 322 g/mol. The molecule has 0 spiro atoms. The van der Waals surface area contributed by atoms with Gasteiger partial charge >= 0.3 is 0 Å². The molecule has 0 saturated heterocycles. The second kappa shape index (κ2) is 16.1. The maximum Gasteiger partial charge on any atom is 0.183 e. The molecular weight excluding hydrogens is 282 g/mol. The van der Waals surface area contributed by atoms with Crippen LogP contribution in [0.3, 0.4) is 0 Å². The molecule has 0 aromatic heterocycles. The highest BCUT2D eigenvalue weighted by Crippen LogP contribution is 2.11. The minimum Gasteiger partial charge on any atom is -0.479 e. The highest BCUT2D eigenvalue weighted by Gasteiger charge is 2.05. The summed E-state index contributed by atoms with van der Waals surface area (Å²) in [6.07, 6.45) is 25.0. The summed E-state index contributed by atoms with van der Waals surface area (Å²) in [5.74, 6) is 1.00. The van der Waals surface area contributed by atoms with Gasteiger partial charge in [0, 0.05) is 6.42 Å². The molecule has 0 unspecified atom stereocenters. The molecule has 0 fully saturated rings. The van der Waals surface area contributed by atoms with Gasteiger partial charge in [0.1, 0.15) is 6.61 Å². The Bertz CT molecular complexity index is 309. The Balaban J connectivity index is 1.71. The fraction of sp³-hybridized carbons (Fsp3) is 0.857. The molecule has 0 atom stereocenters. The van der Waals surface area contributed by atoms with Crippen LogP contribution in [0.25, 0.3) is 0 Å². The molecule has 1 rings (SSSR count). The summed E-state index contributed by atoms with van der Waals surface area (Å²) in [4.78, 5) is 4.33. The Morgan fingerprint density at radius 2 is 1.35 bits per heavy atom. The molecule has 1 aliphatic rings. The summed E-state index contributed by atoms with van der Waals surface area (Å²) in [6, 6.07) is 0. The van der Waals surface area contributed by atoms with Crippen LogP contribution >= 0.6 is 0 Å². The molecule has 0 N–H and O–H groups in total. The van der Waals surface area contributed by atoms with E-state index in [1.165, 1.54) is 89.9 Å². The Morgan fingerprint density at radius 3 is 1.91 bits per heavy atom. The van der Waals surface area contributed by atoms with E-state index in [1.807, 2.05) is 0 Å². The van der Waals surface area contributed by atoms with Gasteiger partial charge in [-0.05, 0) is 32.1 Å². The van der Waals surface area contributed by atoms with Crippen molar-refractivity contribution in [1.82, 2.24) is 0 Å². The first-order chi connectivity index (χ1) is 11.4. The molecule has 0 amide bonds. The van der Waals surface area contributed by atoms with Crippen LogP contribution in [0, 0.1) is 0 Å². The van der Waals surface area contributed by atoms with Gasteiger partial charge in [0.2, 0.25) is 0 Å². The van der Waals surface area contributed by atoms with Crippen LogP contribution in [0.4, 0.5) is 0 Å². The Morgan fingerprint density at radius 1 is 0.783 bits per heavy atom. The van der Waals surface area contributed by atoms with Crippen molar-refractivity contribution < 1.29 is 4.74 Å². The molecule has 1 aliphatic heterocycles. The van der Waals surface area contributed by atoms with Crippen molar-refractivity contribution in [2.45, 2.75) is 103 Å². The van der Waals surface area contributed by atoms with Crippen LogP contribution in [0.2, 0.25) is 0 Å². The predicted molar refractivity (Wildman–Crippen MR) is 102 cm³/mol. The number of hydrogen-bond donors (Lipinski definition) is 0. The first-order valence-electron chi connectivity index (χ1n) is 10.2. The summed E-state index contributed by atoms with van der Waals surface area (Å²) in [5, 5.41) is 0. The fourth-order valence-electron chi connectivity index (χ4n) is 3.05. The number of nitrogens with zero attached hydrogens (tertiary/aromatic N) is 1. The van der Waals surface area contributed by atoms with Crippen molar-refractivity contribution >= 4 is 5.90 Å². The van der Waals surface area contributed by atoms with Gasteiger partial charge in [0.15, 0.2) is 5.90 Å².